The highest BCUT2D eigenvalue weighted by Crippen LogP contribution is 2.36. The van der Waals surface area contributed by atoms with Crippen LogP contribution in [0.25, 0.3) is 0 Å². The minimum atomic E-state index is -0.129. The third-order valence-corrected chi connectivity index (χ3v) is 5.20. The van der Waals surface area contributed by atoms with E-state index in [-0.39, 0.29) is 5.38 Å². The van der Waals surface area contributed by atoms with Crippen LogP contribution in [-0.4, -0.2) is 6.61 Å². The van der Waals surface area contributed by atoms with Gasteiger partial charge in [0, 0.05) is 14.5 Å². The molecular formula is C15H11BrClIO. The van der Waals surface area contributed by atoms with E-state index in [1.165, 1.54) is 9.13 Å². The van der Waals surface area contributed by atoms with Crippen molar-refractivity contribution in [2.45, 2.75) is 11.8 Å². The van der Waals surface area contributed by atoms with Gasteiger partial charge >= 0.3 is 0 Å². The van der Waals surface area contributed by atoms with Crippen molar-refractivity contribution in [3.05, 3.63) is 61.1 Å². The van der Waals surface area contributed by atoms with Crippen LogP contribution in [0.2, 0.25) is 0 Å². The van der Waals surface area contributed by atoms with Crippen LogP contribution < -0.4 is 4.74 Å². The second-order valence-corrected chi connectivity index (χ2v) is 7.01. The highest BCUT2D eigenvalue weighted by molar-refractivity contribution is 14.1. The van der Waals surface area contributed by atoms with Crippen LogP contribution >= 0.6 is 50.1 Å². The molecule has 1 atom stereocenters. The molecule has 2 aromatic carbocycles. The molecule has 4 heteroatoms. The fourth-order valence-electron chi connectivity index (χ4n) is 2.25. The molecule has 0 bridgehead atoms. The van der Waals surface area contributed by atoms with E-state index in [0.717, 1.165) is 34.4 Å². The molecule has 1 aliphatic rings. The minimum absolute atomic E-state index is 0.129. The van der Waals surface area contributed by atoms with Crippen LogP contribution in [0.5, 0.6) is 5.75 Å². The van der Waals surface area contributed by atoms with E-state index in [2.05, 4.69) is 62.8 Å². The van der Waals surface area contributed by atoms with E-state index in [0.29, 0.717) is 0 Å². The maximum absolute atomic E-state index is 6.64. The van der Waals surface area contributed by atoms with Crippen molar-refractivity contribution in [1.82, 2.24) is 0 Å². The average Bonchev–Trinajstić information content (AvgIpc) is 2.88. The summed E-state index contributed by atoms with van der Waals surface area (Å²) in [5, 5.41) is -0.129. The van der Waals surface area contributed by atoms with Gasteiger partial charge in [0.25, 0.3) is 0 Å². The quantitative estimate of drug-likeness (QED) is 0.446. The van der Waals surface area contributed by atoms with Gasteiger partial charge < -0.3 is 4.74 Å². The molecule has 0 fully saturated rings. The van der Waals surface area contributed by atoms with E-state index >= 15 is 0 Å². The zero-order valence-corrected chi connectivity index (χ0v) is 14.5. The van der Waals surface area contributed by atoms with Gasteiger partial charge in [-0.15, -0.1) is 11.6 Å². The molecule has 0 amide bonds. The van der Waals surface area contributed by atoms with E-state index in [1.54, 1.807) is 0 Å². The number of halogens is 3. The number of benzene rings is 2. The van der Waals surface area contributed by atoms with Crippen molar-refractivity contribution in [1.29, 1.82) is 0 Å². The summed E-state index contributed by atoms with van der Waals surface area (Å²) < 4.78 is 7.76. The second-order valence-electron chi connectivity index (χ2n) is 4.49. The van der Waals surface area contributed by atoms with Gasteiger partial charge in [-0.2, -0.15) is 0 Å². The Morgan fingerprint density at radius 2 is 2.05 bits per heavy atom. The fraction of sp³-hybridized carbons (Fsp3) is 0.200. The highest BCUT2D eigenvalue weighted by atomic mass is 127. The number of alkyl halides is 1. The molecule has 0 spiro atoms. The van der Waals surface area contributed by atoms with Crippen molar-refractivity contribution in [2.24, 2.45) is 0 Å². The summed E-state index contributed by atoms with van der Waals surface area (Å²) in [4.78, 5) is 0. The number of hydrogen-bond donors (Lipinski definition) is 0. The minimum Gasteiger partial charge on any atom is -0.493 e. The topological polar surface area (TPSA) is 9.23 Å². The molecule has 2 aromatic rings. The maximum Gasteiger partial charge on any atom is 0.122 e. The van der Waals surface area contributed by atoms with Gasteiger partial charge in [0.15, 0.2) is 0 Å². The first kappa shape index (κ1) is 13.7. The van der Waals surface area contributed by atoms with E-state index in [4.69, 9.17) is 16.3 Å². The molecule has 1 nitrogen and oxygen atoms in total. The van der Waals surface area contributed by atoms with Crippen molar-refractivity contribution >= 4 is 50.1 Å². The zero-order chi connectivity index (χ0) is 13.4. The Balaban J connectivity index is 1.99. The molecule has 0 aromatic heterocycles. The molecule has 0 N–H and O–H groups in total. The van der Waals surface area contributed by atoms with E-state index < -0.39 is 0 Å². The molecule has 1 aliphatic heterocycles. The normalized spacial score (nSPS) is 14.9. The van der Waals surface area contributed by atoms with Crippen molar-refractivity contribution < 1.29 is 4.74 Å². The molecule has 19 heavy (non-hydrogen) atoms. The molecule has 98 valence electrons. The largest absolute Gasteiger partial charge is 0.493 e. The van der Waals surface area contributed by atoms with Gasteiger partial charge in [0.05, 0.1) is 12.0 Å². The highest BCUT2D eigenvalue weighted by Gasteiger charge is 2.18. The number of hydrogen-bond acceptors (Lipinski definition) is 1. The lowest BCUT2D eigenvalue weighted by Crippen LogP contribution is -1.97. The summed E-state index contributed by atoms with van der Waals surface area (Å²) in [6.45, 7) is 0.778. The Morgan fingerprint density at radius 3 is 2.89 bits per heavy atom. The summed E-state index contributed by atoms with van der Waals surface area (Å²) in [6.07, 6.45) is 0.975. The smallest absolute Gasteiger partial charge is 0.122 e. The average molecular weight is 450 g/mol. The van der Waals surface area contributed by atoms with Crippen LogP contribution in [0, 0.1) is 3.57 Å². The Morgan fingerprint density at radius 1 is 1.21 bits per heavy atom. The number of ether oxygens (including phenoxy) is 1. The van der Waals surface area contributed by atoms with Crippen LogP contribution in [0.3, 0.4) is 0 Å². The molecular weight excluding hydrogens is 438 g/mol. The van der Waals surface area contributed by atoms with Crippen LogP contribution in [-0.2, 0) is 6.42 Å². The fourth-order valence-corrected chi connectivity index (χ4v) is 3.78. The van der Waals surface area contributed by atoms with Crippen LogP contribution in [0.4, 0.5) is 0 Å². The van der Waals surface area contributed by atoms with Crippen LogP contribution in [0.1, 0.15) is 22.1 Å². The van der Waals surface area contributed by atoms with Crippen molar-refractivity contribution in [3.8, 4) is 5.75 Å². The van der Waals surface area contributed by atoms with Gasteiger partial charge in [-0.1, -0.05) is 28.1 Å². The predicted octanol–water partition coefficient (Wildman–Crippen LogP) is 5.32. The molecule has 0 saturated heterocycles. The summed E-state index contributed by atoms with van der Waals surface area (Å²) in [7, 11) is 0. The third kappa shape index (κ3) is 2.78. The third-order valence-electron chi connectivity index (χ3n) is 3.24. The van der Waals surface area contributed by atoms with Gasteiger partial charge in [0.2, 0.25) is 0 Å². The first-order valence-corrected chi connectivity index (χ1v) is 8.30. The molecule has 0 saturated carbocycles. The Hall–Kier alpha value is -0.260. The molecule has 1 heterocycles. The van der Waals surface area contributed by atoms with Gasteiger partial charge in [-0.25, -0.2) is 0 Å². The van der Waals surface area contributed by atoms with Crippen molar-refractivity contribution in [2.75, 3.05) is 6.61 Å². The lowest BCUT2D eigenvalue weighted by Gasteiger charge is -2.14. The lowest BCUT2D eigenvalue weighted by atomic mass is 10.0. The summed E-state index contributed by atoms with van der Waals surface area (Å²) in [6, 6.07) is 12.4. The molecule has 0 radical (unpaired) electrons. The van der Waals surface area contributed by atoms with Gasteiger partial charge in [-0.3, -0.25) is 0 Å². The Bertz CT molecular complexity index is 630. The number of fused-ring (bicyclic) bond motifs is 1. The van der Waals surface area contributed by atoms with Crippen LogP contribution in [0.15, 0.2) is 40.9 Å². The first-order valence-electron chi connectivity index (χ1n) is 6.00. The van der Waals surface area contributed by atoms with Gasteiger partial charge in [0.1, 0.15) is 5.75 Å². The Labute approximate surface area is 139 Å². The number of rotatable bonds is 2. The lowest BCUT2D eigenvalue weighted by molar-refractivity contribution is 0.357. The molecule has 3 rings (SSSR count). The SMILES string of the molecule is ClC(c1ccc2c(c1)CCO2)c1cc(Br)ccc1I. The molecule has 1 unspecified atom stereocenters. The van der Waals surface area contributed by atoms with E-state index in [1.807, 2.05) is 12.1 Å². The van der Waals surface area contributed by atoms with Crippen molar-refractivity contribution in [3.63, 3.8) is 0 Å². The zero-order valence-electron chi connectivity index (χ0n) is 10.00. The summed E-state index contributed by atoms with van der Waals surface area (Å²) in [5.74, 6) is 0.997. The standard InChI is InChI=1S/C15H11BrClIO/c16-11-2-3-13(18)12(8-11)15(17)10-1-4-14-9(7-10)5-6-19-14/h1-4,7-8,15H,5-6H2. The second kappa shape index (κ2) is 5.62. The monoisotopic (exact) mass is 448 g/mol. The summed E-state index contributed by atoms with van der Waals surface area (Å²) >= 11 is 12.5. The molecule has 0 aliphatic carbocycles. The first-order chi connectivity index (χ1) is 9.15. The maximum atomic E-state index is 6.64. The van der Waals surface area contributed by atoms with Gasteiger partial charge in [-0.05, 0) is 63.5 Å². The Kier molecular flexibility index (Phi) is 4.06. The predicted molar refractivity (Wildman–Crippen MR) is 90.2 cm³/mol. The van der Waals surface area contributed by atoms with E-state index in [9.17, 15) is 0 Å². The summed E-state index contributed by atoms with van der Waals surface area (Å²) in [5.41, 5.74) is 3.52.